The minimum absolute atomic E-state index is 0.137. The average molecular weight is 498 g/mol. The molecule has 1 unspecified atom stereocenters. The molecule has 7 nitrogen and oxygen atoms in total. The van der Waals surface area contributed by atoms with Gasteiger partial charge in [0.25, 0.3) is 10.0 Å². The van der Waals surface area contributed by atoms with E-state index in [4.69, 9.17) is 0 Å². The fraction of sp³-hybridized carbons (Fsp3) is 0.519. The Bertz CT molecular complexity index is 1190. The molecule has 2 fully saturated rings. The Labute approximate surface area is 208 Å². The lowest BCUT2D eigenvalue weighted by Crippen LogP contribution is -2.41. The number of fused-ring (bicyclic) bond motifs is 1. The standard InChI is InChI=1S/C27H35N3O4S/c31-27(32)25-17-23(28-35(33,34)24-11-9-21-7-1-2-8-22(21)16-24)10-12-26(25)30-15-5-6-20(19-30)18-29-13-3-4-14-29/h9-12,16-17,20,28H,1-8,13-15,18-19H2,(H,31,32). The Morgan fingerprint density at radius 1 is 0.943 bits per heavy atom. The summed E-state index contributed by atoms with van der Waals surface area (Å²) in [5.41, 5.74) is 3.39. The molecular weight excluding hydrogens is 462 g/mol. The van der Waals surface area contributed by atoms with Gasteiger partial charge >= 0.3 is 5.97 Å². The van der Waals surface area contributed by atoms with Crippen LogP contribution in [0.1, 0.15) is 60.0 Å². The van der Waals surface area contributed by atoms with Crippen LogP contribution in [0.15, 0.2) is 41.3 Å². The first-order valence-electron chi connectivity index (χ1n) is 12.9. The number of hydrogen-bond donors (Lipinski definition) is 2. The van der Waals surface area contributed by atoms with Crippen LogP contribution in [-0.4, -0.2) is 57.1 Å². The van der Waals surface area contributed by atoms with E-state index in [1.54, 1.807) is 24.3 Å². The van der Waals surface area contributed by atoms with Crippen LogP contribution in [0, 0.1) is 5.92 Å². The molecule has 1 atom stereocenters. The van der Waals surface area contributed by atoms with Gasteiger partial charge in [-0.2, -0.15) is 0 Å². The first-order chi connectivity index (χ1) is 16.9. The van der Waals surface area contributed by atoms with E-state index < -0.39 is 16.0 Å². The Kier molecular flexibility index (Phi) is 7.02. The monoisotopic (exact) mass is 497 g/mol. The summed E-state index contributed by atoms with van der Waals surface area (Å²) >= 11 is 0. The van der Waals surface area contributed by atoms with Gasteiger partial charge in [0.15, 0.2) is 0 Å². The van der Waals surface area contributed by atoms with E-state index >= 15 is 0 Å². The summed E-state index contributed by atoms with van der Waals surface area (Å²) in [6, 6.07) is 10.2. The van der Waals surface area contributed by atoms with E-state index in [-0.39, 0.29) is 16.1 Å². The van der Waals surface area contributed by atoms with E-state index in [0.717, 1.165) is 76.8 Å². The van der Waals surface area contributed by atoms with Gasteiger partial charge < -0.3 is 14.9 Å². The third-order valence-corrected chi connectivity index (χ3v) is 9.06. The second-order valence-electron chi connectivity index (χ2n) is 10.2. The van der Waals surface area contributed by atoms with Gasteiger partial charge in [0.2, 0.25) is 0 Å². The van der Waals surface area contributed by atoms with Crippen LogP contribution in [0.3, 0.4) is 0 Å². The molecular formula is C27H35N3O4S. The molecule has 0 spiro atoms. The first-order valence-corrected chi connectivity index (χ1v) is 14.4. The number of aryl methyl sites for hydroxylation is 2. The number of anilines is 2. The maximum atomic E-state index is 13.1. The third-order valence-electron chi connectivity index (χ3n) is 7.68. The van der Waals surface area contributed by atoms with Crippen molar-refractivity contribution in [1.29, 1.82) is 0 Å². The zero-order valence-electron chi connectivity index (χ0n) is 20.2. The van der Waals surface area contributed by atoms with Crippen LogP contribution < -0.4 is 9.62 Å². The molecule has 2 aliphatic heterocycles. The summed E-state index contributed by atoms with van der Waals surface area (Å²) in [6.45, 7) is 5.04. The molecule has 8 heteroatoms. The zero-order valence-corrected chi connectivity index (χ0v) is 21.0. The number of piperidine rings is 1. The minimum atomic E-state index is -3.81. The summed E-state index contributed by atoms with van der Waals surface area (Å²) < 4.78 is 28.8. The molecule has 0 aromatic heterocycles. The Hall–Kier alpha value is -2.58. The van der Waals surface area contributed by atoms with E-state index in [1.807, 2.05) is 6.07 Å². The number of carboxylic acids is 1. The van der Waals surface area contributed by atoms with E-state index in [1.165, 1.54) is 24.5 Å². The quantitative estimate of drug-likeness (QED) is 0.590. The number of rotatable bonds is 7. The summed E-state index contributed by atoms with van der Waals surface area (Å²) in [5.74, 6) is -0.526. The van der Waals surface area contributed by atoms with E-state index in [0.29, 0.717) is 11.6 Å². The molecule has 35 heavy (non-hydrogen) atoms. The molecule has 0 radical (unpaired) electrons. The van der Waals surface area contributed by atoms with Crippen molar-refractivity contribution in [2.45, 2.75) is 56.3 Å². The van der Waals surface area contributed by atoms with Gasteiger partial charge in [-0.15, -0.1) is 0 Å². The van der Waals surface area contributed by atoms with E-state index in [2.05, 4.69) is 14.5 Å². The van der Waals surface area contributed by atoms with E-state index in [9.17, 15) is 18.3 Å². The number of carbonyl (C=O) groups is 1. The second kappa shape index (κ2) is 10.2. The van der Waals surface area contributed by atoms with Crippen LogP contribution in [0.4, 0.5) is 11.4 Å². The smallest absolute Gasteiger partial charge is 0.337 e. The number of nitrogens with zero attached hydrogens (tertiary/aromatic N) is 2. The first kappa shape index (κ1) is 24.1. The van der Waals surface area contributed by atoms with Crippen molar-refractivity contribution < 1.29 is 18.3 Å². The highest BCUT2D eigenvalue weighted by Crippen LogP contribution is 2.31. The fourth-order valence-electron chi connectivity index (χ4n) is 5.90. The van der Waals surface area contributed by atoms with Gasteiger partial charge in [-0.3, -0.25) is 4.72 Å². The number of carboxylic acid groups (broad SMARTS) is 1. The summed E-state index contributed by atoms with van der Waals surface area (Å²) in [6.07, 6.45) is 8.82. The van der Waals surface area contributed by atoms with Crippen molar-refractivity contribution in [3.8, 4) is 0 Å². The largest absolute Gasteiger partial charge is 0.478 e. The van der Waals surface area contributed by atoms with Crippen LogP contribution in [0.5, 0.6) is 0 Å². The SMILES string of the molecule is O=C(O)c1cc(NS(=O)(=O)c2ccc3c(c2)CCCC3)ccc1N1CCCC(CN2CCCC2)C1. The minimum Gasteiger partial charge on any atom is -0.478 e. The number of hydrogen-bond acceptors (Lipinski definition) is 5. The molecule has 0 saturated carbocycles. The number of nitrogens with one attached hydrogen (secondary N) is 1. The van der Waals surface area contributed by atoms with Gasteiger partial charge in [0.1, 0.15) is 0 Å². The van der Waals surface area contributed by atoms with Gasteiger partial charge in [-0.05, 0) is 112 Å². The van der Waals surface area contributed by atoms with Crippen molar-refractivity contribution in [3.63, 3.8) is 0 Å². The highest BCUT2D eigenvalue weighted by atomic mass is 32.2. The van der Waals surface area contributed by atoms with Crippen LogP contribution in [0.25, 0.3) is 0 Å². The Morgan fingerprint density at radius 3 is 2.49 bits per heavy atom. The lowest BCUT2D eigenvalue weighted by molar-refractivity contribution is 0.0697. The molecule has 0 bridgehead atoms. The van der Waals surface area contributed by atoms with Gasteiger partial charge in [0, 0.05) is 25.3 Å². The van der Waals surface area contributed by atoms with Crippen molar-refractivity contribution in [3.05, 3.63) is 53.1 Å². The molecule has 5 rings (SSSR count). The zero-order chi connectivity index (χ0) is 24.4. The van der Waals surface area contributed by atoms with Gasteiger partial charge in [-0.1, -0.05) is 6.07 Å². The Morgan fingerprint density at radius 2 is 1.71 bits per heavy atom. The van der Waals surface area contributed by atoms with Crippen molar-refractivity contribution in [1.82, 2.24) is 4.90 Å². The fourth-order valence-corrected chi connectivity index (χ4v) is 7.00. The second-order valence-corrected chi connectivity index (χ2v) is 11.9. The predicted octanol–water partition coefficient (Wildman–Crippen LogP) is 4.38. The summed E-state index contributed by atoms with van der Waals surface area (Å²) in [5, 5.41) is 9.95. The molecule has 2 aromatic rings. The van der Waals surface area contributed by atoms with Crippen LogP contribution >= 0.6 is 0 Å². The highest BCUT2D eigenvalue weighted by molar-refractivity contribution is 7.92. The maximum Gasteiger partial charge on any atom is 0.337 e. The predicted molar refractivity (Wildman–Crippen MR) is 138 cm³/mol. The lowest BCUT2D eigenvalue weighted by Gasteiger charge is -2.36. The highest BCUT2D eigenvalue weighted by Gasteiger charge is 2.27. The molecule has 2 saturated heterocycles. The van der Waals surface area contributed by atoms with Crippen molar-refractivity contribution in [2.75, 3.05) is 42.3 Å². The van der Waals surface area contributed by atoms with Crippen LogP contribution in [-0.2, 0) is 22.9 Å². The van der Waals surface area contributed by atoms with Gasteiger partial charge in [0.05, 0.1) is 16.1 Å². The number of aromatic carboxylic acids is 1. The number of benzene rings is 2. The van der Waals surface area contributed by atoms with Crippen LogP contribution in [0.2, 0.25) is 0 Å². The average Bonchev–Trinajstić information content (AvgIpc) is 3.36. The lowest BCUT2D eigenvalue weighted by atomic mass is 9.92. The molecule has 1 aliphatic carbocycles. The summed E-state index contributed by atoms with van der Waals surface area (Å²) in [7, 11) is -3.81. The molecule has 188 valence electrons. The topological polar surface area (TPSA) is 89.9 Å². The number of sulfonamides is 1. The third kappa shape index (κ3) is 5.48. The molecule has 3 aliphatic rings. The Balaban J connectivity index is 1.34. The van der Waals surface area contributed by atoms with Crippen molar-refractivity contribution in [2.24, 2.45) is 5.92 Å². The normalized spacial score (nSPS) is 21.0. The summed E-state index contributed by atoms with van der Waals surface area (Å²) in [4.78, 5) is 17.1. The van der Waals surface area contributed by atoms with Crippen molar-refractivity contribution >= 4 is 27.4 Å². The molecule has 2 N–H and O–H groups in total. The van der Waals surface area contributed by atoms with Gasteiger partial charge in [-0.25, -0.2) is 13.2 Å². The maximum absolute atomic E-state index is 13.1. The molecule has 2 heterocycles. The molecule has 0 amide bonds. The number of likely N-dealkylation sites (tertiary alicyclic amines) is 1. The molecule has 2 aromatic carbocycles.